The molecule has 0 saturated carbocycles. The molecular formula is C18H15FN2O4. The SMILES string of the molecule is O=C(O)N[C@H]1CCN(c2ccc3c(=O)c4cccc(F)c4oc3c2)C1. The van der Waals surface area contributed by atoms with E-state index in [0.29, 0.717) is 30.5 Å². The Morgan fingerprint density at radius 1 is 1.28 bits per heavy atom. The Morgan fingerprint density at radius 2 is 2.12 bits per heavy atom. The maximum atomic E-state index is 14.0. The van der Waals surface area contributed by atoms with Gasteiger partial charge in [-0.1, -0.05) is 6.07 Å². The van der Waals surface area contributed by atoms with Crippen LogP contribution in [-0.2, 0) is 0 Å². The zero-order valence-electron chi connectivity index (χ0n) is 13.2. The third-order valence-electron chi connectivity index (χ3n) is 4.51. The first-order chi connectivity index (χ1) is 12.0. The van der Waals surface area contributed by atoms with Gasteiger partial charge in [0.1, 0.15) is 5.58 Å². The van der Waals surface area contributed by atoms with Gasteiger partial charge in [0.05, 0.1) is 16.8 Å². The summed E-state index contributed by atoms with van der Waals surface area (Å²) in [4.78, 5) is 25.3. The highest BCUT2D eigenvalue weighted by Gasteiger charge is 2.24. The standard InChI is InChI=1S/C18H15FN2O4/c19-14-3-1-2-13-16(22)12-5-4-11(8-15(12)25-17(13)14)21-7-6-10(9-21)20-18(23)24/h1-5,8,10,20H,6-7,9H2,(H,23,24)/t10-/m0/s1. The maximum absolute atomic E-state index is 14.0. The van der Waals surface area contributed by atoms with Crippen molar-refractivity contribution < 1.29 is 18.7 Å². The number of hydrogen-bond donors (Lipinski definition) is 2. The molecule has 0 unspecified atom stereocenters. The Labute approximate surface area is 141 Å². The number of nitrogens with zero attached hydrogens (tertiary/aromatic N) is 1. The molecule has 3 aromatic rings. The predicted molar refractivity (Wildman–Crippen MR) is 91.7 cm³/mol. The molecule has 2 heterocycles. The van der Waals surface area contributed by atoms with Crippen LogP contribution in [0, 0.1) is 5.82 Å². The monoisotopic (exact) mass is 342 g/mol. The molecule has 0 bridgehead atoms. The minimum atomic E-state index is -1.04. The Hall–Kier alpha value is -3.09. The van der Waals surface area contributed by atoms with Crippen molar-refractivity contribution >= 4 is 33.7 Å². The second-order valence-electron chi connectivity index (χ2n) is 6.11. The van der Waals surface area contributed by atoms with E-state index in [1.54, 1.807) is 24.3 Å². The Balaban J connectivity index is 1.76. The lowest BCUT2D eigenvalue weighted by molar-refractivity contribution is 0.191. The number of fused-ring (bicyclic) bond motifs is 2. The van der Waals surface area contributed by atoms with Gasteiger partial charge in [-0.3, -0.25) is 4.79 Å². The summed E-state index contributed by atoms with van der Waals surface area (Å²) in [6.07, 6.45) is -0.348. The molecule has 6 nitrogen and oxygen atoms in total. The molecule has 1 atom stereocenters. The third kappa shape index (κ3) is 2.67. The van der Waals surface area contributed by atoms with Crippen molar-refractivity contribution in [2.45, 2.75) is 12.5 Å². The molecule has 1 aliphatic heterocycles. The molecule has 1 aliphatic rings. The minimum absolute atomic E-state index is 0.0519. The maximum Gasteiger partial charge on any atom is 0.404 e. The molecule has 0 aliphatic carbocycles. The summed E-state index contributed by atoms with van der Waals surface area (Å²) in [6.45, 7) is 1.21. The quantitative estimate of drug-likeness (QED) is 0.700. The molecule has 1 amide bonds. The average Bonchev–Trinajstić information content (AvgIpc) is 3.03. The van der Waals surface area contributed by atoms with E-state index in [1.165, 1.54) is 12.1 Å². The molecule has 1 aromatic heterocycles. The van der Waals surface area contributed by atoms with E-state index in [9.17, 15) is 14.0 Å². The first kappa shape index (κ1) is 15.4. The molecule has 25 heavy (non-hydrogen) atoms. The van der Waals surface area contributed by atoms with E-state index in [2.05, 4.69) is 5.32 Å². The fourth-order valence-corrected chi connectivity index (χ4v) is 3.31. The van der Waals surface area contributed by atoms with Crippen molar-refractivity contribution in [1.82, 2.24) is 5.32 Å². The average molecular weight is 342 g/mol. The lowest BCUT2D eigenvalue weighted by Crippen LogP contribution is -2.36. The summed E-state index contributed by atoms with van der Waals surface area (Å²) in [6, 6.07) is 9.30. The van der Waals surface area contributed by atoms with Crippen molar-refractivity contribution in [3.05, 3.63) is 52.4 Å². The summed E-state index contributed by atoms with van der Waals surface area (Å²) >= 11 is 0. The van der Waals surface area contributed by atoms with Crippen LogP contribution < -0.4 is 15.6 Å². The van der Waals surface area contributed by atoms with E-state index >= 15 is 0 Å². The molecule has 2 N–H and O–H groups in total. The molecule has 2 aromatic carbocycles. The smallest absolute Gasteiger partial charge is 0.404 e. The molecule has 1 saturated heterocycles. The van der Waals surface area contributed by atoms with Gasteiger partial charge in [-0.2, -0.15) is 0 Å². The van der Waals surface area contributed by atoms with E-state index < -0.39 is 11.9 Å². The summed E-state index contributed by atoms with van der Waals surface area (Å²) in [5.41, 5.74) is 0.800. The summed E-state index contributed by atoms with van der Waals surface area (Å²) in [5, 5.41) is 11.9. The third-order valence-corrected chi connectivity index (χ3v) is 4.51. The number of nitrogens with one attached hydrogen (secondary N) is 1. The van der Waals surface area contributed by atoms with Gasteiger partial charge in [0.2, 0.25) is 5.43 Å². The number of anilines is 1. The molecular weight excluding hydrogens is 327 g/mol. The largest absolute Gasteiger partial charge is 0.465 e. The van der Waals surface area contributed by atoms with Crippen molar-refractivity contribution in [3.8, 4) is 0 Å². The predicted octanol–water partition coefficient (Wildman–Crippen LogP) is 2.93. The fraction of sp³-hybridized carbons (Fsp3) is 0.222. The highest BCUT2D eigenvalue weighted by atomic mass is 19.1. The van der Waals surface area contributed by atoms with Crippen LogP contribution in [0.25, 0.3) is 21.9 Å². The zero-order valence-corrected chi connectivity index (χ0v) is 13.2. The van der Waals surface area contributed by atoms with Crippen LogP contribution in [-0.4, -0.2) is 30.3 Å². The highest BCUT2D eigenvalue weighted by Crippen LogP contribution is 2.27. The zero-order chi connectivity index (χ0) is 17.6. The second-order valence-corrected chi connectivity index (χ2v) is 6.11. The normalized spacial score (nSPS) is 17.3. The summed E-state index contributed by atoms with van der Waals surface area (Å²) in [5.74, 6) is -0.575. The number of halogens is 1. The highest BCUT2D eigenvalue weighted by molar-refractivity contribution is 5.91. The minimum Gasteiger partial charge on any atom is -0.465 e. The topological polar surface area (TPSA) is 82.8 Å². The van der Waals surface area contributed by atoms with Crippen LogP contribution in [0.1, 0.15) is 6.42 Å². The Kier molecular flexibility index (Phi) is 3.56. The second kappa shape index (κ2) is 5.77. The van der Waals surface area contributed by atoms with Gasteiger partial charge in [-0.15, -0.1) is 0 Å². The number of benzene rings is 2. The number of para-hydroxylation sites is 1. The Morgan fingerprint density at radius 3 is 2.92 bits per heavy atom. The van der Waals surface area contributed by atoms with Gasteiger partial charge in [0, 0.05) is 24.8 Å². The van der Waals surface area contributed by atoms with E-state index in [0.717, 1.165) is 5.69 Å². The summed E-state index contributed by atoms with van der Waals surface area (Å²) in [7, 11) is 0. The van der Waals surface area contributed by atoms with Gasteiger partial charge < -0.3 is 19.7 Å². The van der Waals surface area contributed by atoms with Crippen LogP contribution in [0.2, 0.25) is 0 Å². The number of carboxylic acid groups (broad SMARTS) is 1. The number of rotatable bonds is 2. The van der Waals surface area contributed by atoms with E-state index in [4.69, 9.17) is 9.52 Å². The molecule has 1 fully saturated rings. The molecule has 0 radical (unpaired) electrons. The lowest BCUT2D eigenvalue weighted by Gasteiger charge is -2.19. The van der Waals surface area contributed by atoms with Crippen LogP contribution in [0.15, 0.2) is 45.6 Å². The van der Waals surface area contributed by atoms with Crippen molar-refractivity contribution in [2.75, 3.05) is 18.0 Å². The van der Waals surface area contributed by atoms with Crippen LogP contribution in [0.4, 0.5) is 14.9 Å². The molecule has 4 rings (SSSR count). The number of hydrogen-bond acceptors (Lipinski definition) is 4. The number of amides is 1. The van der Waals surface area contributed by atoms with Gasteiger partial charge >= 0.3 is 6.09 Å². The van der Waals surface area contributed by atoms with E-state index in [-0.39, 0.29) is 22.4 Å². The first-order valence-corrected chi connectivity index (χ1v) is 7.92. The van der Waals surface area contributed by atoms with Crippen LogP contribution >= 0.6 is 0 Å². The summed E-state index contributed by atoms with van der Waals surface area (Å²) < 4.78 is 19.6. The Bertz CT molecular complexity index is 1050. The van der Waals surface area contributed by atoms with Crippen LogP contribution in [0.3, 0.4) is 0 Å². The molecule has 0 spiro atoms. The van der Waals surface area contributed by atoms with Crippen molar-refractivity contribution in [1.29, 1.82) is 0 Å². The van der Waals surface area contributed by atoms with Gasteiger partial charge in [0.15, 0.2) is 11.4 Å². The lowest BCUT2D eigenvalue weighted by atomic mass is 10.1. The van der Waals surface area contributed by atoms with Crippen LogP contribution in [0.5, 0.6) is 0 Å². The molecule has 128 valence electrons. The molecule has 7 heteroatoms. The first-order valence-electron chi connectivity index (χ1n) is 7.92. The fourth-order valence-electron chi connectivity index (χ4n) is 3.31. The van der Waals surface area contributed by atoms with Crippen molar-refractivity contribution in [2.24, 2.45) is 0 Å². The van der Waals surface area contributed by atoms with Gasteiger partial charge in [-0.05, 0) is 30.7 Å². The van der Waals surface area contributed by atoms with Gasteiger partial charge in [0.25, 0.3) is 0 Å². The van der Waals surface area contributed by atoms with Gasteiger partial charge in [-0.25, -0.2) is 9.18 Å². The number of carbonyl (C=O) groups is 1. The van der Waals surface area contributed by atoms with E-state index in [1.807, 2.05) is 4.90 Å². The van der Waals surface area contributed by atoms with Crippen molar-refractivity contribution in [3.63, 3.8) is 0 Å².